The summed E-state index contributed by atoms with van der Waals surface area (Å²) in [6.45, 7) is -1.99. The zero-order chi connectivity index (χ0) is 36.3. The van der Waals surface area contributed by atoms with Crippen molar-refractivity contribution in [2.75, 3.05) is 19.8 Å². The van der Waals surface area contributed by atoms with Crippen molar-refractivity contribution in [3.05, 3.63) is 53.6 Å². The van der Waals surface area contributed by atoms with Gasteiger partial charge in [0.15, 0.2) is 0 Å². The van der Waals surface area contributed by atoms with Crippen LogP contribution in [-0.4, -0.2) is 173 Å². The molecule has 3 heterocycles. The van der Waals surface area contributed by atoms with Crippen molar-refractivity contribution in [3.63, 3.8) is 0 Å². The summed E-state index contributed by atoms with van der Waals surface area (Å²) in [6.07, 6.45) is -19.7. The maximum atomic E-state index is 10.5. The highest BCUT2D eigenvalue weighted by molar-refractivity contribution is 5.71. The van der Waals surface area contributed by atoms with E-state index < -0.39 is 112 Å². The van der Waals surface area contributed by atoms with E-state index in [2.05, 4.69) is 0 Å². The molecule has 15 unspecified atom stereocenters. The van der Waals surface area contributed by atoms with Crippen molar-refractivity contribution in [1.29, 1.82) is 0 Å². The zero-order valence-corrected chi connectivity index (χ0v) is 26.3. The van der Waals surface area contributed by atoms with Crippen LogP contribution in [0.4, 0.5) is 0 Å². The largest absolute Gasteiger partial charge is 0.462 e. The number of hydrogen-bond donors (Lipinski definition) is 12. The average Bonchev–Trinajstić information content (AvgIpc) is 3.11. The van der Waals surface area contributed by atoms with Crippen molar-refractivity contribution >= 4 is 12.2 Å². The van der Waals surface area contributed by atoms with Crippen LogP contribution in [0.5, 0.6) is 17.2 Å². The van der Waals surface area contributed by atoms with Crippen LogP contribution in [0, 0.1) is 0 Å². The van der Waals surface area contributed by atoms with Gasteiger partial charge in [-0.1, -0.05) is 24.3 Å². The average molecular weight is 715 g/mol. The van der Waals surface area contributed by atoms with E-state index in [9.17, 15) is 61.3 Å². The molecule has 0 radical (unpaired) electrons. The Balaban J connectivity index is 1.36. The van der Waals surface area contributed by atoms with Crippen LogP contribution in [-0.2, 0) is 14.2 Å². The van der Waals surface area contributed by atoms with Crippen molar-refractivity contribution in [2.45, 2.75) is 92.1 Å². The SMILES string of the molecule is OCC1OC(Oc2ccc(C=Cc3cc(OC4OC(CO)C(O)C(O)C4O)cc(OC4OC(CO)C(O)C(O)C4O)c3)cc2)C(O)C(O)C1O. The molecule has 15 atom stereocenters. The number of aliphatic hydroxyl groups is 12. The van der Waals surface area contributed by atoms with E-state index in [4.69, 9.17) is 28.4 Å². The molecule has 18 nitrogen and oxygen atoms in total. The van der Waals surface area contributed by atoms with Gasteiger partial charge < -0.3 is 89.7 Å². The van der Waals surface area contributed by atoms with E-state index >= 15 is 0 Å². The van der Waals surface area contributed by atoms with E-state index in [1.165, 1.54) is 30.3 Å². The fourth-order valence-corrected chi connectivity index (χ4v) is 5.57. The molecule has 2 aromatic carbocycles. The summed E-state index contributed by atoms with van der Waals surface area (Å²) in [4.78, 5) is 0. The quantitative estimate of drug-likeness (QED) is 0.0975. The molecule has 0 bridgehead atoms. The van der Waals surface area contributed by atoms with Gasteiger partial charge in [-0.25, -0.2) is 0 Å². The van der Waals surface area contributed by atoms with Gasteiger partial charge in [0.1, 0.15) is 90.5 Å². The number of hydrogen-bond acceptors (Lipinski definition) is 18. The molecule has 278 valence electrons. The summed E-state index contributed by atoms with van der Waals surface area (Å²) >= 11 is 0. The van der Waals surface area contributed by atoms with Crippen LogP contribution >= 0.6 is 0 Å². The Bertz CT molecular complexity index is 1350. The number of ether oxygens (including phenoxy) is 6. The normalized spacial score (nSPS) is 39.3. The molecule has 2 aromatic rings. The van der Waals surface area contributed by atoms with Gasteiger partial charge in [-0.05, 0) is 35.4 Å². The smallest absolute Gasteiger partial charge is 0.229 e. The molecule has 50 heavy (non-hydrogen) atoms. The fraction of sp³-hybridized carbons (Fsp3) is 0.562. The van der Waals surface area contributed by atoms with Crippen LogP contribution in [0.25, 0.3) is 12.2 Å². The molecule has 0 spiro atoms. The maximum Gasteiger partial charge on any atom is 0.229 e. The van der Waals surface area contributed by atoms with Crippen LogP contribution in [0.2, 0.25) is 0 Å². The molecule has 3 fully saturated rings. The van der Waals surface area contributed by atoms with Crippen molar-refractivity contribution in [1.82, 2.24) is 0 Å². The second kappa shape index (κ2) is 16.5. The molecule has 12 N–H and O–H groups in total. The minimum Gasteiger partial charge on any atom is -0.462 e. The fourth-order valence-electron chi connectivity index (χ4n) is 5.57. The van der Waals surface area contributed by atoms with Gasteiger partial charge in [-0.3, -0.25) is 0 Å². The molecular formula is C32H42O18. The molecule has 18 heteroatoms. The minimum absolute atomic E-state index is 0.0145. The zero-order valence-electron chi connectivity index (χ0n) is 26.3. The third-order valence-electron chi connectivity index (χ3n) is 8.55. The van der Waals surface area contributed by atoms with Gasteiger partial charge in [0.05, 0.1) is 19.8 Å². The van der Waals surface area contributed by atoms with Gasteiger partial charge in [-0.15, -0.1) is 0 Å². The Kier molecular flexibility index (Phi) is 12.6. The second-order valence-electron chi connectivity index (χ2n) is 12.1. The molecule has 3 aliphatic heterocycles. The highest BCUT2D eigenvalue weighted by atomic mass is 16.7. The van der Waals surface area contributed by atoms with Crippen LogP contribution in [0.15, 0.2) is 42.5 Å². The summed E-state index contributed by atoms with van der Waals surface area (Å²) in [6, 6.07) is 10.6. The predicted octanol–water partition coefficient (Wildman–Crippen LogP) is -4.61. The lowest BCUT2D eigenvalue weighted by Gasteiger charge is -2.40. The summed E-state index contributed by atoms with van der Waals surface area (Å²) in [5.74, 6) is 0.204. The molecule has 5 rings (SSSR count). The second-order valence-corrected chi connectivity index (χ2v) is 12.1. The predicted molar refractivity (Wildman–Crippen MR) is 165 cm³/mol. The summed E-state index contributed by atoms with van der Waals surface area (Å²) in [5, 5.41) is 120. The lowest BCUT2D eigenvalue weighted by molar-refractivity contribution is -0.278. The monoisotopic (exact) mass is 714 g/mol. The third kappa shape index (κ3) is 8.37. The lowest BCUT2D eigenvalue weighted by Crippen LogP contribution is -2.60. The third-order valence-corrected chi connectivity index (χ3v) is 8.55. The molecule has 0 aliphatic carbocycles. The first-order chi connectivity index (χ1) is 23.8. The molecule has 0 amide bonds. The number of rotatable bonds is 11. The van der Waals surface area contributed by atoms with E-state index in [0.29, 0.717) is 11.1 Å². The molecule has 3 aliphatic rings. The highest BCUT2D eigenvalue weighted by Crippen LogP contribution is 2.32. The van der Waals surface area contributed by atoms with Crippen LogP contribution in [0.1, 0.15) is 11.1 Å². The van der Waals surface area contributed by atoms with Gasteiger partial charge in [0.2, 0.25) is 18.9 Å². The maximum absolute atomic E-state index is 10.5. The molecular weight excluding hydrogens is 672 g/mol. The molecule has 3 saturated heterocycles. The van der Waals surface area contributed by atoms with Gasteiger partial charge >= 0.3 is 0 Å². The Labute approximate surface area is 284 Å². The van der Waals surface area contributed by atoms with Crippen LogP contribution < -0.4 is 14.2 Å². The lowest BCUT2D eigenvalue weighted by atomic mass is 9.99. The molecule has 0 aromatic heterocycles. The summed E-state index contributed by atoms with van der Waals surface area (Å²) in [7, 11) is 0. The summed E-state index contributed by atoms with van der Waals surface area (Å²) in [5.41, 5.74) is 1.02. The van der Waals surface area contributed by atoms with E-state index in [-0.39, 0.29) is 17.2 Å². The highest BCUT2D eigenvalue weighted by Gasteiger charge is 2.47. The Morgan fingerprint density at radius 2 is 0.760 bits per heavy atom. The number of benzene rings is 2. The first-order valence-corrected chi connectivity index (χ1v) is 15.7. The van der Waals surface area contributed by atoms with Gasteiger partial charge in [-0.2, -0.15) is 0 Å². The van der Waals surface area contributed by atoms with Crippen molar-refractivity contribution in [2.24, 2.45) is 0 Å². The van der Waals surface area contributed by atoms with E-state index in [0.717, 1.165) is 0 Å². The summed E-state index contributed by atoms with van der Waals surface area (Å²) < 4.78 is 33.4. The molecule has 0 saturated carbocycles. The Morgan fingerprint density at radius 3 is 1.12 bits per heavy atom. The first-order valence-electron chi connectivity index (χ1n) is 15.7. The minimum atomic E-state index is -1.73. The van der Waals surface area contributed by atoms with E-state index in [1.54, 1.807) is 24.3 Å². The van der Waals surface area contributed by atoms with E-state index in [1.807, 2.05) is 0 Å². The van der Waals surface area contributed by atoms with Gasteiger partial charge in [0, 0.05) is 6.07 Å². The Morgan fingerprint density at radius 1 is 0.420 bits per heavy atom. The van der Waals surface area contributed by atoms with Crippen molar-refractivity contribution < 1.29 is 89.7 Å². The van der Waals surface area contributed by atoms with Crippen molar-refractivity contribution in [3.8, 4) is 17.2 Å². The topological polar surface area (TPSA) is 298 Å². The Hall–Kier alpha value is -3.02. The first kappa shape index (κ1) is 38.2. The number of aliphatic hydroxyl groups excluding tert-OH is 12. The standard InChI is InChI=1S/C32H42O18/c33-10-18-21(36)24(39)27(42)30(48-18)45-15-5-3-13(4-6-15)1-2-14-7-16(46-31-28(43)25(40)22(37)19(11-34)49-31)9-17(8-14)47-32-29(44)26(41)23(38)20(12-35)50-32/h1-9,18-44H,10-12H2. The van der Waals surface area contributed by atoms with Gasteiger partial charge in [0.25, 0.3) is 0 Å². The van der Waals surface area contributed by atoms with Crippen LogP contribution in [0.3, 0.4) is 0 Å².